The maximum absolute atomic E-state index is 12.6. The molecule has 0 spiro atoms. The summed E-state index contributed by atoms with van der Waals surface area (Å²) in [5, 5.41) is 0.998. The first-order chi connectivity index (χ1) is 9.90. The molecule has 0 aromatic heterocycles. The van der Waals surface area contributed by atoms with Crippen LogP contribution in [0, 0.1) is 11.8 Å². The molecule has 21 heavy (non-hydrogen) atoms. The molecule has 1 heterocycles. The molecule has 0 radical (unpaired) electrons. The van der Waals surface area contributed by atoms with Gasteiger partial charge < -0.3 is 0 Å². The fraction of sp³-hybridized carbons (Fsp3) is 0.588. The van der Waals surface area contributed by atoms with E-state index in [9.17, 15) is 4.79 Å². The number of piperidine rings is 1. The molecule has 0 N–H and O–H groups in total. The highest BCUT2D eigenvalue weighted by Crippen LogP contribution is 2.27. The number of halogens is 2. The van der Waals surface area contributed by atoms with Gasteiger partial charge in [-0.3, -0.25) is 9.69 Å². The third-order valence-corrected chi connectivity index (χ3v) is 5.19. The van der Waals surface area contributed by atoms with Crippen molar-refractivity contribution in [2.45, 2.75) is 39.7 Å². The average molecular weight is 328 g/mol. The Labute approximate surface area is 137 Å². The summed E-state index contributed by atoms with van der Waals surface area (Å²) in [7, 11) is 0. The summed E-state index contributed by atoms with van der Waals surface area (Å²) < 4.78 is 0. The number of ketones is 1. The first-order valence-corrected chi connectivity index (χ1v) is 8.39. The lowest BCUT2D eigenvalue weighted by Crippen LogP contribution is -2.44. The summed E-state index contributed by atoms with van der Waals surface area (Å²) in [6.07, 6.45) is 2.34. The highest BCUT2D eigenvalue weighted by Gasteiger charge is 2.28. The first-order valence-electron chi connectivity index (χ1n) is 7.63. The highest BCUT2D eigenvalue weighted by atomic mass is 35.5. The van der Waals surface area contributed by atoms with Crippen molar-refractivity contribution in [3.05, 3.63) is 33.8 Å². The molecule has 1 unspecified atom stereocenters. The first kappa shape index (κ1) is 16.8. The van der Waals surface area contributed by atoms with Crippen molar-refractivity contribution in [3.8, 4) is 0 Å². The van der Waals surface area contributed by atoms with Crippen molar-refractivity contribution in [1.29, 1.82) is 0 Å². The molecule has 2 rings (SSSR count). The molecule has 1 atom stereocenters. The minimum absolute atomic E-state index is 0.0830. The summed E-state index contributed by atoms with van der Waals surface area (Å²) in [6, 6.07) is 4.95. The zero-order valence-electron chi connectivity index (χ0n) is 12.9. The third kappa shape index (κ3) is 4.00. The molecule has 1 aliphatic heterocycles. The van der Waals surface area contributed by atoms with Crippen molar-refractivity contribution >= 4 is 29.0 Å². The van der Waals surface area contributed by atoms with E-state index in [0.29, 0.717) is 15.6 Å². The highest BCUT2D eigenvalue weighted by molar-refractivity contribution is 6.37. The van der Waals surface area contributed by atoms with Gasteiger partial charge in [0.15, 0.2) is 5.78 Å². The summed E-state index contributed by atoms with van der Waals surface area (Å²) in [4.78, 5) is 14.9. The predicted octanol–water partition coefficient (Wildman–Crippen LogP) is 4.93. The van der Waals surface area contributed by atoms with E-state index in [1.54, 1.807) is 18.2 Å². The number of hydrogen-bond acceptors (Lipinski definition) is 2. The van der Waals surface area contributed by atoms with Crippen molar-refractivity contribution in [2.24, 2.45) is 11.8 Å². The van der Waals surface area contributed by atoms with Crippen molar-refractivity contribution in [3.63, 3.8) is 0 Å². The van der Waals surface area contributed by atoms with Crippen LogP contribution in [0.2, 0.25) is 10.0 Å². The number of carbonyl (C=O) groups is 1. The Hall–Kier alpha value is -0.570. The van der Waals surface area contributed by atoms with Gasteiger partial charge in [-0.2, -0.15) is 0 Å². The lowest BCUT2D eigenvalue weighted by Gasteiger charge is -2.36. The molecular weight excluding hydrogens is 305 g/mol. The van der Waals surface area contributed by atoms with Gasteiger partial charge in [-0.1, -0.05) is 37.0 Å². The van der Waals surface area contributed by atoms with E-state index in [4.69, 9.17) is 23.2 Å². The quantitative estimate of drug-likeness (QED) is 0.730. The SMILES string of the molecule is CC(C)C1CCN(C(C)C(=O)c2ccc(Cl)cc2Cl)CC1. The Morgan fingerprint density at radius 3 is 2.33 bits per heavy atom. The van der Waals surface area contributed by atoms with Crippen LogP contribution in [0.25, 0.3) is 0 Å². The zero-order chi connectivity index (χ0) is 15.6. The van der Waals surface area contributed by atoms with Gasteiger partial charge >= 0.3 is 0 Å². The number of Topliss-reactive ketones (excluding diaryl/α,β-unsaturated/α-hetero) is 1. The molecule has 116 valence electrons. The predicted molar refractivity (Wildman–Crippen MR) is 89.4 cm³/mol. The number of likely N-dealkylation sites (tertiary alicyclic amines) is 1. The lowest BCUT2D eigenvalue weighted by atomic mass is 9.86. The molecule has 0 saturated carbocycles. The second-order valence-electron chi connectivity index (χ2n) is 6.28. The van der Waals surface area contributed by atoms with E-state index in [0.717, 1.165) is 24.9 Å². The lowest BCUT2D eigenvalue weighted by molar-refractivity contribution is 0.0743. The number of carbonyl (C=O) groups excluding carboxylic acids is 1. The van der Waals surface area contributed by atoms with Gasteiger partial charge in [0.1, 0.15) is 0 Å². The molecule has 1 fully saturated rings. The molecule has 1 aliphatic rings. The van der Waals surface area contributed by atoms with E-state index >= 15 is 0 Å². The zero-order valence-corrected chi connectivity index (χ0v) is 14.4. The Bertz CT molecular complexity index is 508. The Balaban J connectivity index is 2.03. The molecular formula is C17H23Cl2NO. The smallest absolute Gasteiger partial charge is 0.181 e. The van der Waals surface area contributed by atoms with Gasteiger partial charge in [-0.25, -0.2) is 0 Å². The number of nitrogens with zero attached hydrogens (tertiary/aromatic N) is 1. The molecule has 0 aliphatic carbocycles. The van der Waals surface area contributed by atoms with Gasteiger partial charge in [0.25, 0.3) is 0 Å². The fourth-order valence-corrected chi connectivity index (χ4v) is 3.56. The maximum Gasteiger partial charge on any atom is 0.181 e. The molecule has 2 nitrogen and oxygen atoms in total. The van der Waals surface area contributed by atoms with E-state index in [-0.39, 0.29) is 11.8 Å². The van der Waals surface area contributed by atoms with Crippen molar-refractivity contribution in [1.82, 2.24) is 4.90 Å². The Kier molecular flexibility index (Phi) is 5.70. The molecule has 0 bridgehead atoms. The Morgan fingerprint density at radius 2 is 1.81 bits per heavy atom. The minimum Gasteiger partial charge on any atom is -0.293 e. The van der Waals surface area contributed by atoms with Crippen LogP contribution in [0.3, 0.4) is 0 Å². The number of hydrogen-bond donors (Lipinski definition) is 0. The molecule has 0 amide bonds. The van der Waals surface area contributed by atoms with Gasteiger partial charge in [0.05, 0.1) is 11.1 Å². The van der Waals surface area contributed by atoms with E-state index in [1.807, 2.05) is 6.92 Å². The standard InChI is InChI=1S/C17H23Cl2NO/c1-11(2)13-6-8-20(9-7-13)12(3)17(21)15-5-4-14(18)10-16(15)19/h4-5,10-13H,6-9H2,1-3H3. The van der Waals surface area contributed by atoms with Gasteiger partial charge in [-0.15, -0.1) is 0 Å². The third-order valence-electron chi connectivity index (χ3n) is 4.64. The van der Waals surface area contributed by atoms with Gasteiger partial charge in [0, 0.05) is 10.6 Å². The van der Waals surface area contributed by atoms with E-state index in [1.165, 1.54) is 12.8 Å². The van der Waals surface area contributed by atoms with Crippen LogP contribution in [0.1, 0.15) is 44.0 Å². The fourth-order valence-electron chi connectivity index (χ4n) is 3.05. The number of rotatable bonds is 4. The van der Waals surface area contributed by atoms with Crippen LogP contribution in [0.5, 0.6) is 0 Å². The van der Waals surface area contributed by atoms with Crippen LogP contribution < -0.4 is 0 Å². The van der Waals surface area contributed by atoms with Crippen LogP contribution >= 0.6 is 23.2 Å². The van der Waals surface area contributed by atoms with E-state index in [2.05, 4.69) is 18.7 Å². The van der Waals surface area contributed by atoms with Crippen molar-refractivity contribution in [2.75, 3.05) is 13.1 Å². The van der Waals surface area contributed by atoms with Crippen molar-refractivity contribution < 1.29 is 4.79 Å². The van der Waals surface area contributed by atoms with Gasteiger partial charge in [-0.05, 0) is 62.9 Å². The number of benzene rings is 1. The summed E-state index contributed by atoms with van der Waals surface area (Å²) in [5.41, 5.74) is 0.569. The second-order valence-corrected chi connectivity index (χ2v) is 7.13. The largest absolute Gasteiger partial charge is 0.293 e. The van der Waals surface area contributed by atoms with Gasteiger partial charge in [0.2, 0.25) is 0 Å². The topological polar surface area (TPSA) is 20.3 Å². The maximum atomic E-state index is 12.6. The second kappa shape index (κ2) is 7.13. The summed E-state index contributed by atoms with van der Waals surface area (Å²) in [5.74, 6) is 1.59. The summed E-state index contributed by atoms with van der Waals surface area (Å²) >= 11 is 12.0. The van der Waals surface area contributed by atoms with Crippen LogP contribution in [0.4, 0.5) is 0 Å². The molecule has 1 saturated heterocycles. The normalized spacial score (nSPS) is 19.0. The minimum atomic E-state index is -0.128. The van der Waals surface area contributed by atoms with Crippen LogP contribution in [-0.4, -0.2) is 29.8 Å². The average Bonchev–Trinajstić information content (AvgIpc) is 2.46. The van der Waals surface area contributed by atoms with Crippen LogP contribution in [-0.2, 0) is 0 Å². The molecule has 1 aromatic carbocycles. The van der Waals surface area contributed by atoms with E-state index < -0.39 is 0 Å². The monoisotopic (exact) mass is 327 g/mol. The molecule has 1 aromatic rings. The van der Waals surface area contributed by atoms with Crippen LogP contribution in [0.15, 0.2) is 18.2 Å². The Morgan fingerprint density at radius 1 is 1.19 bits per heavy atom. The molecule has 4 heteroatoms. The summed E-state index contributed by atoms with van der Waals surface area (Å²) in [6.45, 7) is 8.51.